The van der Waals surface area contributed by atoms with E-state index in [2.05, 4.69) is 0 Å². The Balaban J connectivity index is 1.55. The molecule has 1 fully saturated rings. The molecule has 0 unspecified atom stereocenters. The molecule has 0 atom stereocenters. The van der Waals surface area contributed by atoms with Crippen LogP contribution in [0.2, 0.25) is 10.0 Å². The number of methoxy groups -OCH3 is 1. The summed E-state index contributed by atoms with van der Waals surface area (Å²) in [5.74, 6) is -0.812. The maximum absolute atomic E-state index is 14.1. The molecule has 0 saturated carbocycles. The van der Waals surface area contributed by atoms with Crippen LogP contribution in [0.15, 0.2) is 59.5 Å². The van der Waals surface area contributed by atoms with Gasteiger partial charge >= 0.3 is 0 Å². The Bertz CT molecular complexity index is 1330. The summed E-state index contributed by atoms with van der Waals surface area (Å²) in [5, 5.41) is -0.115. The van der Waals surface area contributed by atoms with Crippen LogP contribution in [-0.4, -0.2) is 23.2 Å². The summed E-state index contributed by atoms with van der Waals surface area (Å²) in [4.78, 5) is 26.6. The summed E-state index contributed by atoms with van der Waals surface area (Å²) in [7, 11) is 1.46. The minimum absolute atomic E-state index is 0.0819. The number of ether oxygens (including phenoxy) is 2. The molecule has 10 heteroatoms. The second-order valence-electron chi connectivity index (χ2n) is 7.40. The van der Waals surface area contributed by atoms with Gasteiger partial charge in [-0.15, -0.1) is 0 Å². The quantitative estimate of drug-likeness (QED) is 0.302. The topological polar surface area (TPSA) is 55.8 Å². The van der Waals surface area contributed by atoms with Crippen LogP contribution in [0.25, 0.3) is 6.08 Å². The lowest BCUT2D eigenvalue weighted by atomic mass is 10.1. The van der Waals surface area contributed by atoms with Crippen LogP contribution in [-0.2, 0) is 17.9 Å². The third-order valence-corrected chi connectivity index (χ3v) is 6.75. The van der Waals surface area contributed by atoms with Crippen molar-refractivity contribution in [2.75, 3.05) is 7.11 Å². The minimum Gasteiger partial charge on any atom is -0.493 e. The molecule has 0 radical (unpaired) electrons. The highest BCUT2D eigenvalue weighted by Gasteiger charge is 2.35. The average Bonchev–Trinajstić information content (AvgIpc) is 3.08. The molecule has 1 aliphatic heterocycles. The number of nitrogens with zero attached hydrogens (tertiary/aromatic N) is 1. The van der Waals surface area contributed by atoms with E-state index in [0.717, 1.165) is 22.7 Å². The van der Waals surface area contributed by atoms with Crippen molar-refractivity contribution in [3.8, 4) is 11.5 Å². The van der Waals surface area contributed by atoms with Gasteiger partial charge in [0.05, 0.1) is 23.6 Å². The van der Waals surface area contributed by atoms with Crippen LogP contribution < -0.4 is 9.47 Å². The number of rotatable bonds is 7. The van der Waals surface area contributed by atoms with Gasteiger partial charge in [0.1, 0.15) is 18.2 Å². The van der Waals surface area contributed by atoms with E-state index in [1.807, 2.05) is 0 Å². The number of hydrogen-bond acceptors (Lipinski definition) is 5. The van der Waals surface area contributed by atoms with Crippen molar-refractivity contribution in [2.24, 2.45) is 0 Å². The zero-order valence-corrected chi connectivity index (χ0v) is 20.5. The largest absolute Gasteiger partial charge is 0.493 e. The van der Waals surface area contributed by atoms with Gasteiger partial charge in [-0.05, 0) is 65.4 Å². The fourth-order valence-corrected chi connectivity index (χ4v) is 4.61. The average molecular weight is 536 g/mol. The number of imide groups is 1. The molecule has 5 nitrogen and oxygen atoms in total. The van der Waals surface area contributed by atoms with E-state index in [1.54, 1.807) is 30.3 Å². The third-order valence-electron chi connectivity index (χ3n) is 5.14. The Morgan fingerprint density at radius 3 is 2.51 bits per heavy atom. The molecular formula is C25H17Cl2F2NO4S. The van der Waals surface area contributed by atoms with E-state index in [1.165, 1.54) is 31.4 Å². The molecule has 0 bridgehead atoms. The van der Waals surface area contributed by atoms with Crippen LogP contribution in [0, 0.1) is 11.6 Å². The molecule has 1 saturated heterocycles. The van der Waals surface area contributed by atoms with Crippen LogP contribution in [0.1, 0.15) is 16.7 Å². The maximum atomic E-state index is 14.1. The number of halogens is 4. The molecule has 1 heterocycles. The molecular weight excluding hydrogens is 519 g/mol. The first-order valence-electron chi connectivity index (χ1n) is 10.2. The summed E-state index contributed by atoms with van der Waals surface area (Å²) >= 11 is 12.9. The Morgan fingerprint density at radius 2 is 1.80 bits per heavy atom. The van der Waals surface area contributed by atoms with E-state index in [-0.39, 0.29) is 33.7 Å². The lowest BCUT2D eigenvalue weighted by Crippen LogP contribution is -2.27. The molecule has 3 aromatic rings. The molecule has 1 aliphatic rings. The van der Waals surface area contributed by atoms with Crippen molar-refractivity contribution < 1.29 is 27.8 Å². The van der Waals surface area contributed by atoms with E-state index in [4.69, 9.17) is 32.7 Å². The van der Waals surface area contributed by atoms with Crippen molar-refractivity contribution in [1.82, 2.24) is 4.90 Å². The Morgan fingerprint density at radius 1 is 1.00 bits per heavy atom. The first-order chi connectivity index (χ1) is 16.8. The monoisotopic (exact) mass is 535 g/mol. The number of benzene rings is 3. The molecule has 0 N–H and O–H groups in total. The number of amides is 2. The van der Waals surface area contributed by atoms with Gasteiger partial charge in [-0.2, -0.15) is 0 Å². The molecule has 0 spiro atoms. The fraction of sp³-hybridized carbons (Fsp3) is 0.120. The summed E-state index contributed by atoms with van der Waals surface area (Å²) in [5.41, 5.74) is 1.21. The zero-order valence-electron chi connectivity index (χ0n) is 18.2. The SMILES string of the molecule is COc1ccc(/C=C2\SC(=O)N(Cc3ccc(F)cc3Cl)C2=O)cc1OCc1c(F)cccc1Cl. The van der Waals surface area contributed by atoms with Gasteiger partial charge in [-0.3, -0.25) is 14.5 Å². The van der Waals surface area contributed by atoms with Crippen molar-refractivity contribution in [1.29, 1.82) is 0 Å². The highest BCUT2D eigenvalue weighted by molar-refractivity contribution is 8.18. The number of carbonyl (C=O) groups excluding carboxylic acids is 2. The molecule has 0 aromatic heterocycles. The van der Waals surface area contributed by atoms with Crippen LogP contribution in [0.3, 0.4) is 0 Å². The minimum atomic E-state index is -0.511. The van der Waals surface area contributed by atoms with Gasteiger partial charge in [0.15, 0.2) is 11.5 Å². The molecule has 35 heavy (non-hydrogen) atoms. The molecule has 180 valence electrons. The summed E-state index contributed by atoms with van der Waals surface area (Å²) in [6.45, 7) is -0.220. The third kappa shape index (κ3) is 5.61. The smallest absolute Gasteiger partial charge is 0.293 e. The first kappa shape index (κ1) is 25.0. The van der Waals surface area contributed by atoms with Crippen molar-refractivity contribution >= 4 is 52.2 Å². The second-order valence-corrected chi connectivity index (χ2v) is 9.21. The predicted molar refractivity (Wildman–Crippen MR) is 132 cm³/mol. The van der Waals surface area contributed by atoms with E-state index in [9.17, 15) is 18.4 Å². The standard InChI is InChI=1S/C25H17Cl2F2NO4S/c1-33-21-8-5-14(9-22(21)34-13-17-18(26)3-2-4-20(17)29)10-23-24(31)30(25(32)35-23)12-15-6-7-16(28)11-19(15)27/h2-11H,12-13H2,1H3/b23-10-. The van der Waals surface area contributed by atoms with Crippen LogP contribution >= 0.6 is 35.0 Å². The summed E-state index contributed by atoms with van der Waals surface area (Å²) in [6.07, 6.45) is 1.54. The molecule has 4 rings (SSSR count). The van der Waals surface area contributed by atoms with E-state index < -0.39 is 22.8 Å². The van der Waals surface area contributed by atoms with E-state index in [0.29, 0.717) is 22.6 Å². The normalized spacial score (nSPS) is 14.7. The molecule has 0 aliphatic carbocycles. The van der Waals surface area contributed by atoms with Gasteiger partial charge in [0.2, 0.25) is 0 Å². The van der Waals surface area contributed by atoms with E-state index >= 15 is 0 Å². The number of hydrogen-bond donors (Lipinski definition) is 0. The summed E-state index contributed by atoms with van der Waals surface area (Å²) < 4.78 is 38.5. The lowest BCUT2D eigenvalue weighted by Gasteiger charge is -2.14. The Labute approximate surface area is 214 Å². The Kier molecular flexibility index (Phi) is 7.64. The van der Waals surface area contributed by atoms with Gasteiger partial charge < -0.3 is 9.47 Å². The maximum Gasteiger partial charge on any atom is 0.293 e. The van der Waals surface area contributed by atoms with Gasteiger partial charge in [0, 0.05) is 10.6 Å². The van der Waals surface area contributed by atoms with Crippen LogP contribution in [0.4, 0.5) is 13.6 Å². The van der Waals surface area contributed by atoms with Gasteiger partial charge in [-0.1, -0.05) is 41.4 Å². The highest BCUT2D eigenvalue weighted by atomic mass is 35.5. The van der Waals surface area contributed by atoms with Gasteiger partial charge in [0.25, 0.3) is 11.1 Å². The first-order valence-corrected chi connectivity index (χ1v) is 11.8. The fourth-order valence-electron chi connectivity index (χ4n) is 3.32. The van der Waals surface area contributed by atoms with Crippen molar-refractivity contribution in [3.05, 3.63) is 97.9 Å². The molecule has 3 aromatic carbocycles. The predicted octanol–water partition coefficient (Wildman–Crippen LogP) is 7.10. The van der Waals surface area contributed by atoms with Gasteiger partial charge in [-0.25, -0.2) is 8.78 Å². The van der Waals surface area contributed by atoms with Crippen molar-refractivity contribution in [2.45, 2.75) is 13.2 Å². The second kappa shape index (κ2) is 10.7. The van der Waals surface area contributed by atoms with Crippen LogP contribution in [0.5, 0.6) is 11.5 Å². The highest BCUT2D eigenvalue weighted by Crippen LogP contribution is 2.36. The lowest BCUT2D eigenvalue weighted by molar-refractivity contribution is -0.123. The number of carbonyl (C=O) groups is 2. The summed E-state index contributed by atoms with van der Waals surface area (Å²) in [6, 6.07) is 13.0. The Hall–Kier alpha value is -3.07. The number of thioether (sulfide) groups is 1. The molecule has 2 amide bonds. The zero-order chi connectivity index (χ0) is 25.1. The van der Waals surface area contributed by atoms with Crippen molar-refractivity contribution in [3.63, 3.8) is 0 Å².